The first kappa shape index (κ1) is 15.4. The Labute approximate surface area is 138 Å². The minimum absolute atomic E-state index is 0.0739. The molecule has 0 spiro atoms. The van der Waals surface area contributed by atoms with Crippen LogP contribution in [0.3, 0.4) is 0 Å². The van der Waals surface area contributed by atoms with Gasteiger partial charge in [0, 0.05) is 24.3 Å². The van der Waals surface area contributed by atoms with E-state index in [1.165, 1.54) is 6.07 Å². The SMILES string of the molecule is O=C(Nc1ccc(F)c(F)c1)N1CCC2CC21C(=O)NC1CCC1. The van der Waals surface area contributed by atoms with Crippen LogP contribution in [0.2, 0.25) is 0 Å². The summed E-state index contributed by atoms with van der Waals surface area (Å²) in [6.07, 6.45) is 4.59. The van der Waals surface area contributed by atoms with Crippen molar-refractivity contribution in [2.45, 2.75) is 43.7 Å². The fraction of sp³-hybridized carbons (Fsp3) is 0.529. The Morgan fingerprint density at radius 2 is 1.96 bits per heavy atom. The van der Waals surface area contributed by atoms with Crippen LogP contribution in [0.25, 0.3) is 0 Å². The smallest absolute Gasteiger partial charge is 0.322 e. The maximum absolute atomic E-state index is 13.3. The van der Waals surface area contributed by atoms with Crippen LogP contribution in [0.5, 0.6) is 0 Å². The summed E-state index contributed by atoms with van der Waals surface area (Å²) < 4.78 is 26.3. The van der Waals surface area contributed by atoms with Gasteiger partial charge in [-0.25, -0.2) is 13.6 Å². The van der Waals surface area contributed by atoms with Crippen molar-refractivity contribution in [3.8, 4) is 0 Å². The van der Waals surface area contributed by atoms with Crippen LogP contribution in [0.4, 0.5) is 19.3 Å². The zero-order valence-corrected chi connectivity index (χ0v) is 13.1. The number of rotatable bonds is 3. The van der Waals surface area contributed by atoms with Gasteiger partial charge >= 0.3 is 6.03 Å². The van der Waals surface area contributed by atoms with Gasteiger partial charge in [0.1, 0.15) is 5.54 Å². The average Bonchev–Trinajstić information content (AvgIpc) is 3.12. The molecule has 128 valence electrons. The molecule has 0 aromatic heterocycles. The summed E-state index contributed by atoms with van der Waals surface area (Å²) >= 11 is 0. The van der Waals surface area contributed by atoms with Crippen LogP contribution in [0.15, 0.2) is 18.2 Å². The lowest BCUT2D eigenvalue weighted by Gasteiger charge is -2.32. The first-order valence-electron chi connectivity index (χ1n) is 8.35. The predicted octanol–water partition coefficient (Wildman–Crippen LogP) is 2.63. The Kier molecular flexibility index (Phi) is 3.47. The molecule has 4 rings (SSSR count). The van der Waals surface area contributed by atoms with E-state index < -0.39 is 23.2 Å². The van der Waals surface area contributed by atoms with E-state index in [-0.39, 0.29) is 23.6 Å². The maximum atomic E-state index is 13.3. The summed E-state index contributed by atoms with van der Waals surface area (Å²) in [6.45, 7) is 0.498. The molecule has 3 amide bonds. The maximum Gasteiger partial charge on any atom is 0.322 e. The second-order valence-electron chi connectivity index (χ2n) is 6.93. The number of likely N-dealkylation sites (tertiary alicyclic amines) is 1. The number of nitrogens with zero attached hydrogens (tertiary/aromatic N) is 1. The average molecular weight is 335 g/mol. The molecule has 2 atom stereocenters. The van der Waals surface area contributed by atoms with Crippen LogP contribution >= 0.6 is 0 Å². The van der Waals surface area contributed by atoms with Crippen molar-refractivity contribution in [3.63, 3.8) is 0 Å². The molecule has 24 heavy (non-hydrogen) atoms. The highest BCUT2D eigenvalue weighted by molar-refractivity contribution is 5.99. The molecule has 1 aliphatic heterocycles. The number of benzene rings is 1. The number of anilines is 1. The number of piperidine rings is 1. The molecular weight excluding hydrogens is 316 g/mol. The molecule has 2 aliphatic carbocycles. The standard InChI is InChI=1S/C17H19F2N3O2/c18-13-5-4-12(8-14(13)19)21-16(24)22-7-6-10-9-17(10,22)15(23)20-11-2-1-3-11/h4-5,8,10-11H,1-3,6-7,9H2,(H,20,23)(H,21,24). The third-order valence-electron chi connectivity index (χ3n) is 5.51. The number of hydrogen-bond donors (Lipinski definition) is 2. The quantitative estimate of drug-likeness (QED) is 0.892. The van der Waals surface area contributed by atoms with Crippen molar-refractivity contribution in [2.75, 3.05) is 11.9 Å². The van der Waals surface area contributed by atoms with Crippen LogP contribution in [-0.2, 0) is 4.79 Å². The molecule has 2 saturated carbocycles. The van der Waals surface area contributed by atoms with Gasteiger partial charge in [-0.2, -0.15) is 0 Å². The summed E-state index contributed by atoms with van der Waals surface area (Å²) in [5, 5.41) is 5.61. The number of nitrogens with one attached hydrogen (secondary N) is 2. The van der Waals surface area contributed by atoms with E-state index in [1.54, 1.807) is 4.90 Å². The van der Waals surface area contributed by atoms with Crippen molar-refractivity contribution in [3.05, 3.63) is 29.8 Å². The summed E-state index contributed by atoms with van der Waals surface area (Å²) in [7, 11) is 0. The predicted molar refractivity (Wildman–Crippen MR) is 83.3 cm³/mol. The minimum atomic E-state index is -1.02. The lowest BCUT2D eigenvalue weighted by molar-refractivity contribution is -0.127. The third-order valence-corrected chi connectivity index (χ3v) is 5.51. The van der Waals surface area contributed by atoms with E-state index in [2.05, 4.69) is 10.6 Å². The number of hydrogen-bond acceptors (Lipinski definition) is 2. The highest BCUT2D eigenvalue weighted by Gasteiger charge is 2.68. The van der Waals surface area contributed by atoms with Crippen molar-refractivity contribution >= 4 is 17.6 Å². The molecule has 1 aromatic carbocycles. The summed E-state index contributed by atoms with van der Waals surface area (Å²) in [5.74, 6) is -1.85. The first-order chi connectivity index (χ1) is 11.5. The zero-order chi connectivity index (χ0) is 16.9. The Morgan fingerprint density at radius 1 is 1.17 bits per heavy atom. The molecule has 0 radical (unpaired) electrons. The fourth-order valence-electron chi connectivity index (χ4n) is 3.78. The number of fused-ring (bicyclic) bond motifs is 1. The van der Waals surface area contributed by atoms with Crippen LogP contribution in [0, 0.1) is 17.6 Å². The van der Waals surface area contributed by atoms with Gasteiger partial charge in [0.05, 0.1) is 0 Å². The van der Waals surface area contributed by atoms with Crippen molar-refractivity contribution in [1.82, 2.24) is 10.2 Å². The van der Waals surface area contributed by atoms with Gasteiger partial charge in [-0.3, -0.25) is 4.79 Å². The van der Waals surface area contributed by atoms with Crippen LogP contribution in [-0.4, -0.2) is 35.0 Å². The topological polar surface area (TPSA) is 61.4 Å². The lowest BCUT2D eigenvalue weighted by Crippen LogP contribution is -2.54. The molecule has 7 heteroatoms. The van der Waals surface area contributed by atoms with Gasteiger partial charge in [0.2, 0.25) is 5.91 Å². The van der Waals surface area contributed by atoms with Gasteiger partial charge in [0.15, 0.2) is 11.6 Å². The second-order valence-corrected chi connectivity index (χ2v) is 6.93. The molecule has 2 unspecified atom stereocenters. The monoisotopic (exact) mass is 335 g/mol. The van der Waals surface area contributed by atoms with E-state index in [9.17, 15) is 18.4 Å². The number of halogens is 2. The van der Waals surface area contributed by atoms with Gasteiger partial charge in [-0.15, -0.1) is 0 Å². The Morgan fingerprint density at radius 3 is 2.58 bits per heavy atom. The molecule has 2 N–H and O–H groups in total. The second kappa shape index (κ2) is 5.43. The van der Waals surface area contributed by atoms with E-state index >= 15 is 0 Å². The van der Waals surface area contributed by atoms with Crippen LogP contribution < -0.4 is 10.6 Å². The fourth-order valence-corrected chi connectivity index (χ4v) is 3.78. The molecule has 5 nitrogen and oxygen atoms in total. The van der Waals surface area contributed by atoms with Crippen molar-refractivity contribution in [2.24, 2.45) is 5.92 Å². The van der Waals surface area contributed by atoms with Crippen LogP contribution in [0.1, 0.15) is 32.1 Å². The van der Waals surface area contributed by atoms with E-state index in [1.807, 2.05) is 0 Å². The van der Waals surface area contributed by atoms with Gasteiger partial charge in [0.25, 0.3) is 0 Å². The number of carbonyl (C=O) groups excluding carboxylic acids is 2. The molecule has 1 saturated heterocycles. The van der Waals surface area contributed by atoms with Crippen molar-refractivity contribution in [1.29, 1.82) is 0 Å². The van der Waals surface area contributed by atoms with Gasteiger partial charge < -0.3 is 15.5 Å². The Balaban J connectivity index is 1.47. The van der Waals surface area contributed by atoms with Gasteiger partial charge in [-0.1, -0.05) is 0 Å². The summed E-state index contributed by atoms with van der Waals surface area (Å²) in [6, 6.07) is 3.00. The van der Waals surface area contributed by atoms with E-state index in [0.717, 1.165) is 37.8 Å². The first-order valence-corrected chi connectivity index (χ1v) is 8.35. The van der Waals surface area contributed by atoms with E-state index in [0.29, 0.717) is 13.0 Å². The third kappa shape index (κ3) is 2.34. The molecule has 0 bridgehead atoms. The number of carbonyl (C=O) groups is 2. The molecular formula is C17H19F2N3O2. The normalized spacial score (nSPS) is 28.1. The highest BCUT2D eigenvalue weighted by Crippen LogP contribution is 2.56. The molecule has 1 aromatic rings. The summed E-state index contributed by atoms with van der Waals surface area (Å²) in [4.78, 5) is 26.7. The molecule has 1 heterocycles. The van der Waals surface area contributed by atoms with E-state index in [4.69, 9.17) is 0 Å². The Hall–Kier alpha value is -2.18. The highest BCUT2D eigenvalue weighted by atomic mass is 19.2. The summed E-state index contributed by atoms with van der Waals surface area (Å²) in [5.41, 5.74) is -0.573. The van der Waals surface area contributed by atoms with Gasteiger partial charge in [-0.05, 0) is 50.2 Å². The number of amides is 3. The number of urea groups is 1. The zero-order valence-electron chi connectivity index (χ0n) is 13.1. The molecule has 3 fully saturated rings. The Bertz CT molecular complexity index is 707. The lowest BCUT2D eigenvalue weighted by atomic mass is 9.92. The van der Waals surface area contributed by atoms with Crippen molar-refractivity contribution < 1.29 is 18.4 Å². The molecule has 3 aliphatic rings. The largest absolute Gasteiger partial charge is 0.351 e. The minimum Gasteiger partial charge on any atom is -0.351 e.